The highest BCUT2D eigenvalue weighted by molar-refractivity contribution is 7.13. The zero-order valence-corrected chi connectivity index (χ0v) is 14.2. The highest BCUT2D eigenvalue weighted by Crippen LogP contribution is 2.28. The SMILES string of the molecule is N#Cc1nc(-c2cccs2)oc1N/N=C/c1c[nH]c2cc(Cl)ccc12. The molecule has 2 N–H and O–H groups in total. The van der Waals surface area contributed by atoms with Crippen molar-refractivity contribution in [1.29, 1.82) is 5.26 Å². The Morgan fingerprint density at radius 1 is 1.40 bits per heavy atom. The number of hydrazone groups is 1. The molecule has 0 spiro atoms. The number of H-pyrrole nitrogens is 1. The van der Waals surface area contributed by atoms with Gasteiger partial charge in [-0.05, 0) is 23.6 Å². The summed E-state index contributed by atoms with van der Waals surface area (Å²) in [7, 11) is 0. The Labute approximate surface area is 151 Å². The molecule has 3 aromatic heterocycles. The highest BCUT2D eigenvalue weighted by atomic mass is 35.5. The molecule has 8 heteroatoms. The molecule has 0 atom stereocenters. The Bertz CT molecular complexity index is 1100. The number of halogens is 1. The maximum atomic E-state index is 9.20. The molecular formula is C17H10ClN5OS. The number of rotatable bonds is 4. The summed E-state index contributed by atoms with van der Waals surface area (Å²) in [6.07, 6.45) is 3.47. The number of anilines is 1. The molecule has 0 saturated carbocycles. The lowest BCUT2D eigenvalue weighted by Gasteiger charge is -1.95. The topological polar surface area (TPSA) is 90.0 Å². The Hall–Kier alpha value is -3.08. The van der Waals surface area contributed by atoms with E-state index < -0.39 is 0 Å². The number of nitriles is 1. The third-order valence-electron chi connectivity index (χ3n) is 3.51. The van der Waals surface area contributed by atoms with E-state index in [1.807, 2.05) is 48.0 Å². The van der Waals surface area contributed by atoms with Gasteiger partial charge < -0.3 is 9.40 Å². The van der Waals surface area contributed by atoms with Crippen molar-refractivity contribution in [3.05, 3.63) is 58.2 Å². The van der Waals surface area contributed by atoms with Crippen LogP contribution in [0.2, 0.25) is 5.02 Å². The van der Waals surface area contributed by atoms with E-state index in [0.29, 0.717) is 10.9 Å². The molecule has 122 valence electrons. The summed E-state index contributed by atoms with van der Waals surface area (Å²) in [5.74, 6) is 0.607. The number of nitrogens with one attached hydrogen (secondary N) is 2. The lowest BCUT2D eigenvalue weighted by molar-refractivity contribution is 0.588. The molecule has 0 aliphatic carbocycles. The number of fused-ring (bicyclic) bond motifs is 1. The van der Waals surface area contributed by atoms with E-state index in [0.717, 1.165) is 21.3 Å². The standard InChI is InChI=1S/C17H10ClN5OS/c18-11-3-4-12-10(8-20-13(12)6-11)9-21-23-16-14(7-19)22-17(24-16)15-2-1-5-25-15/h1-6,8-9,20,23H/b21-9+. The molecule has 25 heavy (non-hydrogen) atoms. The van der Waals surface area contributed by atoms with Gasteiger partial charge in [-0.3, -0.25) is 0 Å². The summed E-state index contributed by atoms with van der Waals surface area (Å²) in [5.41, 5.74) is 4.71. The van der Waals surface area contributed by atoms with Crippen molar-refractivity contribution in [3.63, 3.8) is 0 Å². The van der Waals surface area contributed by atoms with E-state index >= 15 is 0 Å². The third kappa shape index (κ3) is 3.01. The minimum absolute atomic E-state index is 0.159. The van der Waals surface area contributed by atoms with Gasteiger partial charge >= 0.3 is 0 Å². The molecule has 0 unspecified atom stereocenters. The van der Waals surface area contributed by atoms with Crippen LogP contribution in [0, 0.1) is 11.3 Å². The van der Waals surface area contributed by atoms with Gasteiger partial charge in [-0.2, -0.15) is 15.3 Å². The van der Waals surface area contributed by atoms with E-state index in [4.69, 9.17) is 16.0 Å². The molecule has 3 heterocycles. The van der Waals surface area contributed by atoms with Crippen LogP contribution in [0.5, 0.6) is 0 Å². The highest BCUT2D eigenvalue weighted by Gasteiger charge is 2.14. The Morgan fingerprint density at radius 2 is 2.32 bits per heavy atom. The average molecular weight is 368 g/mol. The van der Waals surface area contributed by atoms with Crippen LogP contribution in [0.1, 0.15) is 11.3 Å². The summed E-state index contributed by atoms with van der Waals surface area (Å²) >= 11 is 7.46. The molecule has 4 aromatic rings. The van der Waals surface area contributed by atoms with Crippen molar-refractivity contribution < 1.29 is 4.42 Å². The van der Waals surface area contributed by atoms with Crippen LogP contribution in [-0.4, -0.2) is 16.2 Å². The quantitative estimate of drug-likeness (QED) is 0.398. The molecule has 0 radical (unpaired) electrons. The van der Waals surface area contributed by atoms with Crippen LogP contribution in [-0.2, 0) is 0 Å². The summed E-state index contributed by atoms with van der Waals surface area (Å²) in [6.45, 7) is 0. The minimum atomic E-state index is 0.159. The molecule has 4 rings (SSSR count). The largest absolute Gasteiger partial charge is 0.416 e. The minimum Gasteiger partial charge on any atom is -0.416 e. The normalized spacial score (nSPS) is 11.2. The molecule has 0 saturated heterocycles. The first kappa shape index (κ1) is 15.4. The summed E-state index contributed by atoms with van der Waals surface area (Å²) in [4.78, 5) is 8.15. The van der Waals surface area contributed by atoms with Gasteiger partial charge in [-0.1, -0.05) is 23.7 Å². The number of thiophene rings is 1. The first-order valence-electron chi connectivity index (χ1n) is 7.25. The number of aromatic amines is 1. The fourth-order valence-corrected chi connectivity index (χ4v) is 3.19. The molecule has 6 nitrogen and oxygen atoms in total. The van der Waals surface area contributed by atoms with Gasteiger partial charge in [0.2, 0.25) is 11.6 Å². The van der Waals surface area contributed by atoms with Gasteiger partial charge in [0.1, 0.15) is 6.07 Å². The molecule has 0 bridgehead atoms. The van der Waals surface area contributed by atoms with Crippen molar-refractivity contribution in [2.75, 3.05) is 5.43 Å². The predicted molar refractivity (Wildman–Crippen MR) is 99.1 cm³/mol. The fraction of sp³-hybridized carbons (Fsp3) is 0. The number of aromatic nitrogens is 2. The zero-order chi connectivity index (χ0) is 17.2. The Morgan fingerprint density at radius 3 is 3.12 bits per heavy atom. The van der Waals surface area contributed by atoms with Crippen molar-refractivity contribution >= 4 is 45.9 Å². The molecule has 1 aromatic carbocycles. The molecular weight excluding hydrogens is 358 g/mol. The molecule has 0 amide bonds. The van der Waals surface area contributed by atoms with Crippen LogP contribution in [0.15, 0.2) is 51.4 Å². The van der Waals surface area contributed by atoms with Gasteiger partial charge in [0.15, 0.2) is 0 Å². The number of hydrogen-bond donors (Lipinski definition) is 2. The summed E-state index contributed by atoms with van der Waals surface area (Å²) in [6, 6.07) is 11.4. The van der Waals surface area contributed by atoms with E-state index in [1.165, 1.54) is 11.3 Å². The molecule has 0 fully saturated rings. The van der Waals surface area contributed by atoms with E-state index in [-0.39, 0.29) is 11.6 Å². The average Bonchev–Trinajstić information content (AvgIpc) is 3.34. The van der Waals surface area contributed by atoms with Crippen LogP contribution in [0.3, 0.4) is 0 Å². The van der Waals surface area contributed by atoms with Gasteiger partial charge in [-0.25, -0.2) is 5.43 Å². The second-order valence-corrected chi connectivity index (χ2v) is 6.47. The van der Waals surface area contributed by atoms with Gasteiger partial charge in [0, 0.05) is 27.7 Å². The second kappa shape index (κ2) is 6.43. The number of oxazole rings is 1. The molecule has 0 aliphatic rings. The fourth-order valence-electron chi connectivity index (χ4n) is 2.37. The first-order valence-corrected chi connectivity index (χ1v) is 8.51. The van der Waals surface area contributed by atoms with Gasteiger partial charge in [-0.15, -0.1) is 11.3 Å². The second-order valence-electron chi connectivity index (χ2n) is 5.09. The lowest BCUT2D eigenvalue weighted by Crippen LogP contribution is -1.91. The van der Waals surface area contributed by atoms with Gasteiger partial charge in [0.25, 0.3) is 5.88 Å². The van der Waals surface area contributed by atoms with Crippen LogP contribution >= 0.6 is 22.9 Å². The lowest BCUT2D eigenvalue weighted by atomic mass is 10.2. The summed E-state index contributed by atoms with van der Waals surface area (Å²) in [5, 5.41) is 16.9. The van der Waals surface area contributed by atoms with Crippen LogP contribution < -0.4 is 5.43 Å². The van der Waals surface area contributed by atoms with Gasteiger partial charge in [0.05, 0.1) is 11.1 Å². The van der Waals surface area contributed by atoms with Crippen molar-refractivity contribution in [2.45, 2.75) is 0 Å². The van der Waals surface area contributed by atoms with Crippen LogP contribution in [0.25, 0.3) is 21.7 Å². The van der Waals surface area contributed by atoms with E-state index in [1.54, 1.807) is 6.21 Å². The van der Waals surface area contributed by atoms with E-state index in [2.05, 4.69) is 20.5 Å². The van der Waals surface area contributed by atoms with Crippen molar-refractivity contribution in [1.82, 2.24) is 9.97 Å². The third-order valence-corrected chi connectivity index (χ3v) is 4.60. The van der Waals surface area contributed by atoms with Crippen molar-refractivity contribution in [2.24, 2.45) is 5.10 Å². The Kier molecular flexibility index (Phi) is 3.98. The maximum Gasteiger partial charge on any atom is 0.252 e. The number of hydrogen-bond acceptors (Lipinski definition) is 6. The maximum absolute atomic E-state index is 9.20. The summed E-state index contributed by atoms with van der Waals surface area (Å²) < 4.78 is 5.60. The first-order chi connectivity index (χ1) is 12.2. The molecule has 0 aliphatic heterocycles. The smallest absolute Gasteiger partial charge is 0.252 e. The monoisotopic (exact) mass is 367 g/mol. The predicted octanol–water partition coefficient (Wildman–Crippen LogP) is 4.86. The van der Waals surface area contributed by atoms with Crippen LogP contribution in [0.4, 0.5) is 5.88 Å². The van der Waals surface area contributed by atoms with E-state index in [9.17, 15) is 5.26 Å². The van der Waals surface area contributed by atoms with Crippen molar-refractivity contribution in [3.8, 4) is 16.8 Å². The number of benzene rings is 1. The number of nitrogens with zero attached hydrogens (tertiary/aromatic N) is 3. The zero-order valence-electron chi connectivity index (χ0n) is 12.7. The Balaban J connectivity index is 1.58.